The molecule has 0 saturated carbocycles. The van der Waals surface area contributed by atoms with Crippen LogP contribution in [0.15, 0.2) is 30.3 Å². The molecule has 1 aromatic rings. The van der Waals surface area contributed by atoms with Crippen LogP contribution in [0.1, 0.15) is 63.5 Å². The van der Waals surface area contributed by atoms with Crippen molar-refractivity contribution in [2.75, 3.05) is 0 Å². The van der Waals surface area contributed by atoms with Gasteiger partial charge in [-0.1, -0.05) is 75.4 Å². The molecular weight excluding hydrogens is 204 g/mol. The van der Waals surface area contributed by atoms with Gasteiger partial charge >= 0.3 is 0 Å². The molecule has 0 atom stereocenters. The molecule has 0 heteroatoms. The number of hydrogen-bond donors (Lipinski definition) is 0. The van der Waals surface area contributed by atoms with Crippen LogP contribution in [0.25, 0.3) is 6.08 Å². The molecule has 0 nitrogen and oxygen atoms in total. The number of benzene rings is 1. The third-order valence-electron chi connectivity index (χ3n) is 3.16. The van der Waals surface area contributed by atoms with E-state index in [0.717, 1.165) is 0 Å². The summed E-state index contributed by atoms with van der Waals surface area (Å²) in [6.45, 7) is 4.33. The van der Waals surface area contributed by atoms with Crippen LogP contribution < -0.4 is 0 Å². The fourth-order valence-corrected chi connectivity index (χ4v) is 2.10. The number of rotatable bonds is 8. The van der Waals surface area contributed by atoms with Crippen LogP contribution in [-0.4, -0.2) is 0 Å². The van der Waals surface area contributed by atoms with Gasteiger partial charge in [0.2, 0.25) is 0 Å². The van der Waals surface area contributed by atoms with E-state index < -0.39 is 0 Å². The average Bonchev–Trinajstić information content (AvgIpc) is 2.36. The highest BCUT2D eigenvalue weighted by Gasteiger charge is 1.94. The Morgan fingerprint density at radius 2 is 1.53 bits per heavy atom. The zero-order valence-corrected chi connectivity index (χ0v) is 11.4. The lowest BCUT2D eigenvalue weighted by Gasteiger charge is -2.02. The van der Waals surface area contributed by atoms with Gasteiger partial charge in [-0.3, -0.25) is 0 Å². The maximum Gasteiger partial charge on any atom is -0.0260 e. The van der Waals surface area contributed by atoms with Crippen LogP contribution in [0.3, 0.4) is 0 Å². The summed E-state index contributed by atoms with van der Waals surface area (Å²) in [4.78, 5) is 0. The molecule has 0 aliphatic rings. The number of allylic oxidation sites excluding steroid dienone is 1. The van der Waals surface area contributed by atoms with Crippen LogP contribution in [-0.2, 0) is 6.42 Å². The Labute approximate surface area is 107 Å². The van der Waals surface area contributed by atoms with Gasteiger partial charge in [0.15, 0.2) is 0 Å². The number of aryl methyl sites for hydroxylation is 1. The molecule has 0 saturated heterocycles. The molecule has 0 amide bonds. The zero-order chi connectivity index (χ0) is 12.3. The predicted octanol–water partition coefficient (Wildman–Crippen LogP) is 5.62. The Bertz CT molecular complexity index is 305. The lowest BCUT2D eigenvalue weighted by atomic mass is 10.0. The minimum absolute atomic E-state index is 1.24. The van der Waals surface area contributed by atoms with E-state index in [4.69, 9.17) is 0 Å². The second-order valence-electron chi connectivity index (χ2n) is 4.76. The summed E-state index contributed by atoms with van der Waals surface area (Å²) in [7, 11) is 0. The van der Waals surface area contributed by atoms with E-state index >= 15 is 0 Å². The summed E-state index contributed by atoms with van der Waals surface area (Å²) in [6.07, 6.45) is 13.8. The first-order valence-corrected chi connectivity index (χ1v) is 7.08. The molecule has 0 unspecified atom stereocenters. The van der Waals surface area contributed by atoms with Gasteiger partial charge < -0.3 is 0 Å². The molecule has 17 heavy (non-hydrogen) atoms. The maximum atomic E-state index is 2.27. The van der Waals surface area contributed by atoms with Crippen molar-refractivity contribution in [1.29, 1.82) is 0 Å². The van der Waals surface area contributed by atoms with E-state index in [0.29, 0.717) is 0 Å². The fraction of sp³-hybridized carbons (Fsp3) is 0.529. The zero-order valence-electron chi connectivity index (χ0n) is 11.4. The molecule has 0 spiro atoms. The monoisotopic (exact) mass is 230 g/mol. The Kier molecular flexibility index (Phi) is 7.46. The first kappa shape index (κ1) is 14.0. The molecular formula is C17H26. The third-order valence-corrected chi connectivity index (χ3v) is 3.16. The van der Waals surface area contributed by atoms with Crippen LogP contribution in [0, 0.1) is 0 Å². The first-order chi connectivity index (χ1) is 8.36. The van der Waals surface area contributed by atoms with E-state index in [1.54, 1.807) is 0 Å². The highest BCUT2D eigenvalue weighted by molar-refractivity contribution is 5.49. The second-order valence-corrected chi connectivity index (χ2v) is 4.76. The Hall–Kier alpha value is -1.04. The van der Waals surface area contributed by atoms with Gasteiger partial charge in [-0.15, -0.1) is 0 Å². The standard InChI is InChI=1S/C17H26/c1-3-5-6-7-8-9-11-17-14-12-16(10-4-2)13-15-17/h4,10,12-15H,3,5-9,11H2,1-2H3. The Balaban J connectivity index is 2.18. The summed E-state index contributed by atoms with van der Waals surface area (Å²) in [5, 5.41) is 0. The lowest BCUT2D eigenvalue weighted by molar-refractivity contribution is 0.607. The molecule has 0 aliphatic heterocycles. The van der Waals surface area contributed by atoms with E-state index in [1.807, 2.05) is 0 Å². The Morgan fingerprint density at radius 1 is 0.882 bits per heavy atom. The SMILES string of the molecule is CC=Cc1ccc(CCCCCCCC)cc1. The van der Waals surface area contributed by atoms with E-state index in [1.165, 1.54) is 56.1 Å². The molecule has 0 N–H and O–H groups in total. The Morgan fingerprint density at radius 3 is 2.18 bits per heavy atom. The number of hydrogen-bond acceptors (Lipinski definition) is 0. The molecule has 0 aliphatic carbocycles. The number of unbranched alkanes of at least 4 members (excludes halogenated alkanes) is 5. The van der Waals surface area contributed by atoms with Gasteiger partial charge in [0.25, 0.3) is 0 Å². The molecule has 0 aromatic heterocycles. The molecule has 1 aromatic carbocycles. The van der Waals surface area contributed by atoms with Gasteiger partial charge in [0, 0.05) is 0 Å². The summed E-state index contributed by atoms with van der Waals surface area (Å²) in [6, 6.07) is 8.96. The van der Waals surface area contributed by atoms with Crippen molar-refractivity contribution in [3.8, 4) is 0 Å². The maximum absolute atomic E-state index is 2.27. The van der Waals surface area contributed by atoms with E-state index in [2.05, 4.69) is 50.3 Å². The second kappa shape index (κ2) is 9.04. The van der Waals surface area contributed by atoms with Crippen molar-refractivity contribution in [3.05, 3.63) is 41.5 Å². The molecule has 0 radical (unpaired) electrons. The van der Waals surface area contributed by atoms with Crippen molar-refractivity contribution in [2.45, 2.75) is 58.8 Å². The van der Waals surface area contributed by atoms with Gasteiger partial charge in [-0.25, -0.2) is 0 Å². The quantitative estimate of drug-likeness (QED) is 0.508. The summed E-state index contributed by atoms with van der Waals surface area (Å²) < 4.78 is 0. The molecule has 1 rings (SSSR count). The molecule has 0 fully saturated rings. The van der Waals surface area contributed by atoms with Crippen molar-refractivity contribution in [2.24, 2.45) is 0 Å². The van der Waals surface area contributed by atoms with E-state index in [-0.39, 0.29) is 0 Å². The first-order valence-electron chi connectivity index (χ1n) is 7.08. The van der Waals surface area contributed by atoms with Gasteiger partial charge in [0.1, 0.15) is 0 Å². The summed E-state index contributed by atoms with van der Waals surface area (Å²) in [5.41, 5.74) is 2.79. The largest absolute Gasteiger partial charge is 0.0871 e. The van der Waals surface area contributed by atoms with Crippen LogP contribution in [0.4, 0.5) is 0 Å². The van der Waals surface area contributed by atoms with Crippen molar-refractivity contribution in [1.82, 2.24) is 0 Å². The molecule has 0 bridgehead atoms. The van der Waals surface area contributed by atoms with Crippen LogP contribution in [0.5, 0.6) is 0 Å². The van der Waals surface area contributed by atoms with Crippen LogP contribution in [0.2, 0.25) is 0 Å². The highest BCUT2D eigenvalue weighted by Crippen LogP contribution is 2.11. The topological polar surface area (TPSA) is 0 Å². The smallest absolute Gasteiger partial charge is 0.0260 e. The molecule has 0 heterocycles. The van der Waals surface area contributed by atoms with E-state index in [9.17, 15) is 0 Å². The van der Waals surface area contributed by atoms with Crippen molar-refractivity contribution < 1.29 is 0 Å². The lowest BCUT2D eigenvalue weighted by Crippen LogP contribution is -1.86. The fourth-order valence-electron chi connectivity index (χ4n) is 2.10. The average molecular weight is 230 g/mol. The minimum Gasteiger partial charge on any atom is -0.0871 e. The highest BCUT2D eigenvalue weighted by atomic mass is 14.0. The van der Waals surface area contributed by atoms with Gasteiger partial charge in [-0.05, 0) is 30.9 Å². The normalized spacial score (nSPS) is 11.2. The van der Waals surface area contributed by atoms with Crippen molar-refractivity contribution >= 4 is 6.08 Å². The van der Waals surface area contributed by atoms with Gasteiger partial charge in [-0.2, -0.15) is 0 Å². The summed E-state index contributed by atoms with van der Waals surface area (Å²) in [5.74, 6) is 0. The van der Waals surface area contributed by atoms with Crippen molar-refractivity contribution in [3.63, 3.8) is 0 Å². The minimum atomic E-state index is 1.24. The molecule has 94 valence electrons. The van der Waals surface area contributed by atoms with Gasteiger partial charge in [0.05, 0.1) is 0 Å². The summed E-state index contributed by atoms with van der Waals surface area (Å²) >= 11 is 0. The van der Waals surface area contributed by atoms with Crippen LogP contribution >= 0.6 is 0 Å². The third kappa shape index (κ3) is 6.31. The predicted molar refractivity (Wildman–Crippen MR) is 78.2 cm³/mol.